The van der Waals surface area contributed by atoms with Crippen molar-refractivity contribution in [1.82, 2.24) is 20.4 Å². The number of fused-ring (bicyclic) bond motifs is 1. The van der Waals surface area contributed by atoms with Crippen LogP contribution in [0.5, 0.6) is 0 Å². The van der Waals surface area contributed by atoms with Crippen LogP contribution in [0.25, 0.3) is 0 Å². The number of anilines is 1. The molecular formula is C12H21N5O. The first-order valence-corrected chi connectivity index (χ1v) is 6.21. The van der Waals surface area contributed by atoms with Crippen molar-refractivity contribution in [3.63, 3.8) is 0 Å². The van der Waals surface area contributed by atoms with Crippen molar-refractivity contribution in [3.8, 4) is 0 Å². The topological polar surface area (TPSA) is 71.0 Å². The SMILES string of the molecule is Cn1nc2c(c1NC(=O)NC(C)(C)C)CNCC2. The number of aryl methyl sites for hydroxylation is 1. The largest absolute Gasteiger partial charge is 0.333 e. The van der Waals surface area contributed by atoms with Gasteiger partial charge in [-0.15, -0.1) is 0 Å². The molecule has 6 heteroatoms. The maximum absolute atomic E-state index is 11.9. The second kappa shape index (κ2) is 4.61. The molecule has 2 amide bonds. The summed E-state index contributed by atoms with van der Waals surface area (Å²) in [6.07, 6.45) is 0.908. The summed E-state index contributed by atoms with van der Waals surface area (Å²) >= 11 is 0. The molecule has 1 aliphatic heterocycles. The van der Waals surface area contributed by atoms with Gasteiger partial charge in [-0.1, -0.05) is 0 Å². The van der Waals surface area contributed by atoms with Crippen molar-refractivity contribution in [1.29, 1.82) is 0 Å². The Morgan fingerprint density at radius 2 is 2.17 bits per heavy atom. The number of carbonyl (C=O) groups is 1. The zero-order valence-electron chi connectivity index (χ0n) is 11.4. The zero-order valence-corrected chi connectivity index (χ0v) is 11.4. The van der Waals surface area contributed by atoms with E-state index >= 15 is 0 Å². The Morgan fingerprint density at radius 3 is 2.83 bits per heavy atom. The Kier molecular flexibility index (Phi) is 3.30. The molecule has 0 bridgehead atoms. The van der Waals surface area contributed by atoms with Crippen LogP contribution in [-0.2, 0) is 20.0 Å². The van der Waals surface area contributed by atoms with Crippen LogP contribution in [0, 0.1) is 0 Å². The van der Waals surface area contributed by atoms with Crippen molar-refractivity contribution in [3.05, 3.63) is 11.3 Å². The highest BCUT2D eigenvalue weighted by atomic mass is 16.2. The second-order valence-corrected chi connectivity index (χ2v) is 5.65. The first-order chi connectivity index (χ1) is 8.37. The number of urea groups is 1. The molecule has 0 fully saturated rings. The zero-order chi connectivity index (χ0) is 13.3. The number of nitrogens with zero attached hydrogens (tertiary/aromatic N) is 2. The lowest BCUT2D eigenvalue weighted by Crippen LogP contribution is -2.43. The molecule has 2 heterocycles. The number of hydrogen-bond acceptors (Lipinski definition) is 3. The average molecular weight is 251 g/mol. The van der Waals surface area contributed by atoms with E-state index in [1.165, 1.54) is 0 Å². The molecule has 18 heavy (non-hydrogen) atoms. The molecule has 0 spiro atoms. The normalized spacial score (nSPS) is 15.1. The standard InChI is InChI=1S/C12H21N5O/c1-12(2,3)15-11(18)14-10-8-7-13-6-5-9(8)16-17(10)4/h13H,5-7H2,1-4H3,(H2,14,15,18). The highest BCUT2D eigenvalue weighted by molar-refractivity contribution is 5.89. The van der Waals surface area contributed by atoms with Gasteiger partial charge >= 0.3 is 6.03 Å². The van der Waals surface area contributed by atoms with Crippen LogP contribution < -0.4 is 16.0 Å². The van der Waals surface area contributed by atoms with E-state index in [9.17, 15) is 4.79 Å². The summed E-state index contributed by atoms with van der Waals surface area (Å²) in [5.41, 5.74) is 1.91. The van der Waals surface area contributed by atoms with Gasteiger partial charge in [0, 0.05) is 37.7 Å². The molecule has 3 N–H and O–H groups in total. The third-order valence-electron chi connectivity index (χ3n) is 2.79. The smallest absolute Gasteiger partial charge is 0.320 e. The minimum atomic E-state index is -0.249. The van der Waals surface area contributed by atoms with Crippen LogP contribution in [0.3, 0.4) is 0 Å². The van der Waals surface area contributed by atoms with Crippen LogP contribution in [0.1, 0.15) is 32.0 Å². The molecule has 1 aromatic rings. The number of carbonyl (C=O) groups excluding carboxylic acids is 1. The van der Waals surface area contributed by atoms with E-state index in [1.807, 2.05) is 27.8 Å². The summed E-state index contributed by atoms with van der Waals surface area (Å²) in [4.78, 5) is 11.9. The molecule has 0 saturated heterocycles. The third-order valence-corrected chi connectivity index (χ3v) is 2.79. The molecule has 0 atom stereocenters. The van der Waals surface area contributed by atoms with Crippen molar-refractivity contribution in [2.45, 2.75) is 39.3 Å². The third kappa shape index (κ3) is 2.81. The van der Waals surface area contributed by atoms with Gasteiger partial charge in [0.2, 0.25) is 0 Å². The molecule has 6 nitrogen and oxygen atoms in total. The maximum Gasteiger partial charge on any atom is 0.320 e. The molecule has 0 radical (unpaired) electrons. The van der Waals surface area contributed by atoms with Crippen molar-refractivity contribution in [2.75, 3.05) is 11.9 Å². The van der Waals surface area contributed by atoms with Crippen LogP contribution in [0.15, 0.2) is 0 Å². The van der Waals surface area contributed by atoms with Crippen molar-refractivity contribution in [2.24, 2.45) is 7.05 Å². The van der Waals surface area contributed by atoms with Crippen LogP contribution in [0.4, 0.5) is 10.6 Å². The number of amides is 2. The molecule has 0 aromatic carbocycles. The highest BCUT2D eigenvalue weighted by Gasteiger charge is 2.21. The van der Waals surface area contributed by atoms with Crippen molar-refractivity contribution < 1.29 is 4.79 Å². The quantitative estimate of drug-likeness (QED) is 0.697. The summed E-state index contributed by atoms with van der Waals surface area (Å²) in [6.45, 7) is 7.55. The van der Waals surface area contributed by atoms with E-state index in [4.69, 9.17) is 0 Å². The van der Waals surface area contributed by atoms with Gasteiger partial charge in [0.25, 0.3) is 0 Å². The Bertz CT molecular complexity index is 458. The molecule has 0 aliphatic carbocycles. The Labute approximate surface area is 107 Å². The minimum Gasteiger partial charge on any atom is -0.333 e. The lowest BCUT2D eigenvalue weighted by atomic mass is 10.1. The van der Waals surface area contributed by atoms with E-state index < -0.39 is 0 Å². The highest BCUT2D eigenvalue weighted by Crippen LogP contribution is 2.22. The van der Waals surface area contributed by atoms with Crippen LogP contribution in [0.2, 0.25) is 0 Å². The maximum atomic E-state index is 11.9. The summed E-state index contributed by atoms with van der Waals surface area (Å²) in [5.74, 6) is 0.777. The van der Waals surface area contributed by atoms with Gasteiger partial charge in [-0.05, 0) is 20.8 Å². The molecule has 1 aromatic heterocycles. The number of nitrogens with one attached hydrogen (secondary N) is 3. The van der Waals surface area contributed by atoms with Gasteiger partial charge in [-0.2, -0.15) is 5.10 Å². The van der Waals surface area contributed by atoms with Gasteiger partial charge in [-0.25, -0.2) is 4.79 Å². The second-order valence-electron chi connectivity index (χ2n) is 5.65. The number of aromatic nitrogens is 2. The molecular weight excluding hydrogens is 230 g/mol. The van der Waals surface area contributed by atoms with Crippen molar-refractivity contribution >= 4 is 11.8 Å². The average Bonchev–Trinajstić information content (AvgIpc) is 2.53. The van der Waals surface area contributed by atoms with Gasteiger partial charge in [0.1, 0.15) is 5.82 Å². The monoisotopic (exact) mass is 251 g/mol. The van der Waals surface area contributed by atoms with Crippen LogP contribution >= 0.6 is 0 Å². The summed E-state index contributed by atoms with van der Waals surface area (Å²) in [7, 11) is 1.85. The Morgan fingerprint density at radius 1 is 1.44 bits per heavy atom. The van der Waals surface area contributed by atoms with Gasteiger partial charge in [0.15, 0.2) is 0 Å². The fourth-order valence-corrected chi connectivity index (χ4v) is 2.07. The molecule has 1 aliphatic rings. The molecule has 0 unspecified atom stereocenters. The predicted octanol–water partition coefficient (Wildman–Crippen LogP) is 0.986. The summed E-state index contributed by atoms with van der Waals surface area (Å²) in [6, 6.07) is -0.195. The lowest BCUT2D eigenvalue weighted by molar-refractivity contribution is 0.243. The van der Waals surface area contributed by atoms with Gasteiger partial charge < -0.3 is 10.6 Å². The van der Waals surface area contributed by atoms with E-state index in [0.717, 1.165) is 36.6 Å². The number of hydrogen-bond donors (Lipinski definition) is 3. The van der Waals surface area contributed by atoms with E-state index in [0.29, 0.717) is 0 Å². The van der Waals surface area contributed by atoms with E-state index in [2.05, 4.69) is 21.0 Å². The molecule has 2 rings (SSSR count). The lowest BCUT2D eigenvalue weighted by Gasteiger charge is -2.21. The Balaban J connectivity index is 2.14. The van der Waals surface area contributed by atoms with Gasteiger partial charge in [-0.3, -0.25) is 10.00 Å². The first kappa shape index (κ1) is 12.9. The van der Waals surface area contributed by atoms with E-state index in [-0.39, 0.29) is 11.6 Å². The summed E-state index contributed by atoms with van der Waals surface area (Å²) < 4.78 is 1.74. The van der Waals surface area contributed by atoms with Crippen LogP contribution in [-0.4, -0.2) is 27.9 Å². The summed E-state index contributed by atoms with van der Waals surface area (Å²) in [5, 5.41) is 13.5. The minimum absolute atomic E-state index is 0.195. The van der Waals surface area contributed by atoms with E-state index in [1.54, 1.807) is 4.68 Å². The number of rotatable bonds is 1. The van der Waals surface area contributed by atoms with Gasteiger partial charge in [0.05, 0.1) is 5.69 Å². The fraction of sp³-hybridized carbons (Fsp3) is 0.667. The predicted molar refractivity (Wildman–Crippen MR) is 70.5 cm³/mol. The first-order valence-electron chi connectivity index (χ1n) is 6.21. The fourth-order valence-electron chi connectivity index (χ4n) is 2.07. The molecule has 100 valence electrons. The molecule has 0 saturated carbocycles. The Hall–Kier alpha value is -1.56.